The van der Waals surface area contributed by atoms with Crippen molar-refractivity contribution in [3.05, 3.63) is 65.7 Å². The van der Waals surface area contributed by atoms with Gasteiger partial charge < -0.3 is 9.80 Å². The highest BCUT2D eigenvalue weighted by atomic mass is 16.2. The zero-order valence-electron chi connectivity index (χ0n) is 14.8. The Morgan fingerprint density at radius 1 is 1.08 bits per heavy atom. The molecule has 1 fully saturated rings. The Kier molecular flexibility index (Phi) is 5.17. The molecule has 130 valence electrons. The third-order valence-electron chi connectivity index (χ3n) is 4.76. The van der Waals surface area contributed by atoms with Crippen LogP contribution in [0.15, 0.2) is 54.6 Å². The standard InChI is InChI=1S/C21H24N2O2/c1-16-7-6-10-19(15-16)23-14-13-22(17(2)21(23)25)20(24)12-11-18-8-4-3-5-9-18/h3-10,15,17H,11-14H2,1-2H3. The smallest absolute Gasteiger partial charge is 0.249 e. The van der Waals surface area contributed by atoms with Crippen LogP contribution in [0, 0.1) is 6.92 Å². The lowest BCUT2D eigenvalue weighted by atomic mass is 10.1. The molecule has 0 bridgehead atoms. The van der Waals surface area contributed by atoms with E-state index >= 15 is 0 Å². The summed E-state index contributed by atoms with van der Waals surface area (Å²) in [5.41, 5.74) is 3.18. The molecule has 0 aromatic heterocycles. The third-order valence-corrected chi connectivity index (χ3v) is 4.76. The van der Waals surface area contributed by atoms with E-state index in [1.165, 1.54) is 0 Å². The fourth-order valence-corrected chi connectivity index (χ4v) is 3.30. The first-order valence-corrected chi connectivity index (χ1v) is 8.77. The summed E-state index contributed by atoms with van der Waals surface area (Å²) < 4.78 is 0. The van der Waals surface area contributed by atoms with Gasteiger partial charge >= 0.3 is 0 Å². The van der Waals surface area contributed by atoms with E-state index in [1.807, 2.05) is 68.4 Å². The van der Waals surface area contributed by atoms with Crippen molar-refractivity contribution in [2.24, 2.45) is 0 Å². The Hall–Kier alpha value is -2.62. The lowest BCUT2D eigenvalue weighted by Gasteiger charge is -2.39. The molecule has 2 aromatic rings. The van der Waals surface area contributed by atoms with Crippen LogP contribution in [0.2, 0.25) is 0 Å². The number of hydrogen-bond donors (Lipinski definition) is 0. The van der Waals surface area contributed by atoms with Gasteiger partial charge in [0, 0.05) is 25.2 Å². The SMILES string of the molecule is Cc1cccc(N2CCN(C(=O)CCc3ccccc3)C(C)C2=O)c1. The summed E-state index contributed by atoms with van der Waals surface area (Å²) in [5, 5.41) is 0. The highest BCUT2D eigenvalue weighted by molar-refractivity contribution is 6.00. The van der Waals surface area contributed by atoms with E-state index in [9.17, 15) is 9.59 Å². The van der Waals surface area contributed by atoms with Crippen LogP contribution in [-0.2, 0) is 16.0 Å². The van der Waals surface area contributed by atoms with Crippen molar-refractivity contribution in [3.63, 3.8) is 0 Å². The van der Waals surface area contributed by atoms with Gasteiger partial charge in [0.25, 0.3) is 0 Å². The van der Waals surface area contributed by atoms with Crippen LogP contribution in [0.3, 0.4) is 0 Å². The first-order chi connectivity index (χ1) is 12.1. The maximum atomic E-state index is 12.8. The number of rotatable bonds is 4. The van der Waals surface area contributed by atoms with Gasteiger partial charge in [0.2, 0.25) is 11.8 Å². The van der Waals surface area contributed by atoms with E-state index in [0.29, 0.717) is 25.9 Å². The maximum Gasteiger partial charge on any atom is 0.249 e. The van der Waals surface area contributed by atoms with Crippen molar-refractivity contribution in [2.45, 2.75) is 32.7 Å². The molecule has 1 aliphatic heterocycles. The average molecular weight is 336 g/mol. The van der Waals surface area contributed by atoms with Crippen LogP contribution >= 0.6 is 0 Å². The second-order valence-electron chi connectivity index (χ2n) is 6.58. The molecule has 25 heavy (non-hydrogen) atoms. The average Bonchev–Trinajstić information content (AvgIpc) is 2.63. The van der Waals surface area contributed by atoms with Gasteiger partial charge in [0.1, 0.15) is 6.04 Å². The summed E-state index contributed by atoms with van der Waals surface area (Å²) in [6, 6.07) is 17.5. The molecule has 1 atom stereocenters. The molecule has 0 saturated carbocycles. The maximum absolute atomic E-state index is 12.8. The van der Waals surface area contributed by atoms with Gasteiger partial charge in [-0.3, -0.25) is 9.59 Å². The Balaban J connectivity index is 1.64. The fraction of sp³-hybridized carbons (Fsp3) is 0.333. The first kappa shape index (κ1) is 17.2. The van der Waals surface area contributed by atoms with Gasteiger partial charge in [0.05, 0.1) is 0 Å². The molecule has 0 aliphatic carbocycles. The lowest BCUT2D eigenvalue weighted by molar-refractivity contribution is -0.140. The van der Waals surface area contributed by atoms with E-state index in [2.05, 4.69) is 0 Å². The highest BCUT2D eigenvalue weighted by Gasteiger charge is 2.34. The minimum absolute atomic E-state index is 0.00934. The topological polar surface area (TPSA) is 40.6 Å². The van der Waals surface area contributed by atoms with Crippen LogP contribution in [0.4, 0.5) is 5.69 Å². The lowest BCUT2D eigenvalue weighted by Crippen LogP contribution is -2.57. The van der Waals surface area contributed by atoms with E-state index in [1.54, 1.807) is 9.80 Å². The molecule has 4 nitrogen and oxygen atoms in total. The van der Waals surface area contributed by atoms with Gasteiger partial charge in [-0.05, 0) is 43.5 Å². The number of amides is 2. The molecule has 4 heteroatoms. The molecule has 1 saturated heterocycles. The van der Waals surface area contributed by atoms with Crippen molar-refractivity contribution in [2.75, 3.05) is 18.0 Å². The summed E-state index contributed by atoms with van der Waals surface area (Å²) >= 11 is 0. The zero-order valence-corrected chi connectivity index (χ0v) is 14.8. The summed E-state index contributed by atoms with van der Waals surface area (Å²) in [7, 11) is 0. The third kappa shape index (κ3) is 3.90. The Labute approximate surface area is 149 Å². The molecule has 0 radical (unpaired) electrons. The molecule has 1 unspecified atom stereocenters. The fourth-order valence-electron chi connectivity index (χ4n) is 3.30. The second kappa shape index (κ2) is 7.51. The van der Waals surface area contributed by atoms with Crippen LogP contribution in [-0.4, -0.2) is 35.8 Å². The number of hydrogen-bond acceptors (Lipinski definition) is 2. The predicted molar refractivity (Wildman–Crippen MR) is 99.5 cm³/mol. The number of anilines is 1. The van der Waals surface area contributed by atoms with Gasteiger partial charge in [-0.1, -0.05) is 42.5 Å². The molecule has 1 aliphatic rings. The Morgan fingerprint density at radius 2 is 1.84 bits per heavy atom. The zero-order chi connectivity index (χ0) is 17.8. The first-order valence-electron chi connectivity index (χ1n) is 8.77. The van der Waals surface area contributed by atoms with E-state index in [0.717, 1.165) is 16.8 Å². The molecule has 1 heterocycles. The molecular weight excluding hydrogens is 312 g/mol. The van der Waals surface area contributed by atoms with Gasteiger partial charge in [0.15, 0.2) is 0 Å². The largest absolute Gasteiger partial charge is 0.329 e. The summed E-state index contributed by atoms with van der Waals surface area (Å²) in [6.07, 6.45) is 1.14. The number of piperazine rings is 1. The van der Waals surface area contributed by atoms with Crippen molar-refractivity contribution in [3.8, 4) is 0 Å². The number of aryl methyl sites for hydroxylation is 2. The van der Waals surface area contributed by atoms with Gasteiger partial charge in [-0.15, -0.1) is 0 Å². The second-order valence-corrected chi connectivity index (χ2v) is 6.58. The quantitative estimate of drug-likeness (QED) is 0.860. The van der Waals surface area contributed by atoms with Crippen LogP contribution in [0.5, 0.6) is 0 Å². The minimum Gasteiger partial charge on any atom is -0.329 e. The number of carbonyl (C=O) groups is 2. The van der Waals surface area contributed by atoms with Crippen LogP contribution in [0.1, 0.15) is 24.5 Å². The summed E-state index contributed by atoms with van der Waals surface area (Å²) in [6.45, 7) is 4.96. The van der Waals surface area contributed by atoms with Gasteiger partial charge in [-0.25, -0.2) is 0 Å². The minimum atomic E-state index is -0.419. The molecule has 0 spiro atoms. The van der Waals surface area contributed by atoms with Crippen LogP contribution in [0.25, 0.3) is 0 Å². The Bertz CT molecular complexity index is 758. The van der Waals surface area contributed by atoms with Crippen LogP contribution < -0.4 is 4.90 Å². The van der Waals surface area contributed by atoms with Crippen molar-refractivity contribution >= 4 is 17.5 Å². The number of benzene rings is 2. The predicted octanol–water partition coefficient (Wildman–Crippen LogP) is 3.19. The summed E-state index contributed by atoms with van der Waals surface area (Å²) in [5.74, 6) is 0.0403. The summed E-state index contributed by atoms with van der Waals surface area (Å²) in [4.78, 5) is 28.8. The highest BCUT2D eigenvalue weighted by Crippen LogP contribution is 2.22. The molecular formula is C21H24N2O2. The Morgan fingerprint density at radius 3 is 2.56 bits per heavy atom. The molecule has 2 amide bonds. The van der Waals surface area contributed by atoms with E-state index < -0.39 is 6.04 Å². The van der Waals surface area contributed by atoms with Crippen molar-refractivity contribution < 1.29 is 9.59 Å². The normalized spacial score (nSPS) is 17.7. The molecule has 0 N–H and O–H groups in total. The molecule has 2 aromatic carbocycles. The molecule has 3 rings (SSSR count). The van der Waals surface area contributed by atoms with Crippen molar-refractivity contribution in [1.29, 1.82) is 0 Å². The van der Waals surface area contributed by atoms with E-state index in [4.69, 9.17) is 0 Å². The number of carbonyl (C=O) groups excluding carboxylic acids is 2. The van der Waals surface area contributed by atoms with E-state index in [-0.39, 0.29) is 11.8 Å². The van der Waals surface area contributed by atoms with Crippen molar-refractivity contribution in [1.82, 2.24) is 4.90 Å². The number of nitrogens with zero attached hydrogens (tertiary/aromatic N) is 2. The monoisotopic (exact) mass is 336 g/mol. The van der Waals surface area contributed by atoms with Gasteiger partial charge in [-0.2, -0.15) is 0 Å².